The van der Waals surface area contributed by atoms with Gasteiger partial charge in [-0.25, -0.2) is 4.98 Å². The first-order valence-corrected chi connectivity index (χ1v) is 5.05. The molecule has 0 spiro atoms. The van der Waals surface area contributed by atoms with Gasteiger partial charge in [-0.2, -0.15) is 0 Å². The Hall–Kier alpha value is -0.940. The van der Waals surface area contributed by atoms with Gasteiger partial charge in [0.05, 0.1) is 16.2 Å². The number of halogens is 1. The first-order valence-electron chi connectivity index (χ1n) is 3.44. The van der Waals surface area contributed by atoms with Crippen molar-refractivity contribution in [2.24, 2.45) is 0 Å². The highest BCUT2D eigenvalue weighted by molar-refractivity contribution is 9.11. The van der Waals surface area contributed by atoms with Crippen LogP contribution in [0, 0.1) is 0 Å². The van der Waals surface area contributed by atoms with E-state index in [1.165, 1.54) is 17.4 Å². The number of aromatic nitrogens is 1. The summed E-state index contributed by atoms with van der Waals surface area (Å²) in [6.45, 7) is 0. The first kappa shape index (κ1) is 8.65. The molecule has 1 aromatic carbocycles. The van der Waals surface area contributed by atoms with Gasteiger partial charge < -0.3 is 9.90 Å². The summed E-state index contributed by atoms with van der Waals surface area (Å²) < 4.78 is 1.59. The van der Waals surface area contributed by atoms with E-state index in [-0.39, 0.29) is 5.56 Å². The smallest absolute Gasteiger partial charge is 0.160 e. The second kappa shape index (κ2) is 3.08. The molecule has 0 atom stereocenters. The van der Waals surface area contributed by atoms with Crippen molar-refractivity contribution in [3.05, 3.63) is 27.7 Å². The average molecular weight is 257 g/mol. The van der Waals surface area contributed by atoms with Crippen LogP contribution < -0.4 is 5.11 Å². The van der Waals surface area contributed by atoms with Crippen molar-refractivity contribution in [2.45, 2.75) is 0 Å². The molecule has 0 N–H and O–H groups in total. The largest absolute Gasteiger partial charge is 0.545 e. The monoisotopic (exact) mass is 256 g/mol. The number of hydrogen-bond donors (Lipinski definition) is 0. The maximum atomic E-state index is 10.5. The Morgan fingerprint density at radius 3 is 3.00 bits per heavy atom. The van der Waals surface area contributed by atoms with E-state index in [2.05, 4.69) is 20.9 Å². The maximum Gasteiger partial charge on any atom is 0.160 e. The van der Waals surface area contributed by atoms with Crippen molar-refractivity contribution >= 4 is 43.5 Å². The van der Waals surface area contributed by atoms with E-state index < -0.39 is 5.97 Å². The molecule has 0 saturated heterocycles. The number of carbonyl (C=O) groups excluding carboxylic acids is 1. The van der Waals surface area contributed by atoms with Crippen molar-refractivity contribution in [3.63, 3.8) is 0 Å². The number of nitrogens with zero attached hydrogens (tertiary/aromatic N) is 1. The van der Waals surface area contributed by atoms with Crippen LogP contribution in [0.25, 0.3) is 10.2 Å². The predicted molar refractivity (Wildman–Crippen MR) is 51.7 cm³/mol. The Kier molecular flexibility index (Phi) is 2.05. The number of fused-ring (bicyclic) bond motifs is 1. The molecule has 0 amide bonds. The fraction of sp³-hybridized carbons (Fsp3) is 0. The lowest BCUT2D eigenvalue weighted by Gasteiger charge is -1.99. The number of thiazole rings is 1. The molecule has 5 heteroatoms. The molecule has 0 unspecified atom stereocenters. The molecule has 1 heterocycles. The number of carbonyl (C=O) groups is 1. The van der Waals surface area contributed by atoms with Crippen LogP contribution in [-0.2, 0) is 0 Å². The van der Waals surface area contributed by atoms with Crippen LogP contribution in [0.4, 0.5) is 0 Å². The van der Waals surface area contributed by atoms with Crippen molar-refractivity contribution in [1.29, 1.82) is 0 Å². The summed E-state index contributed by atoms with van der Waals surface area (Å²) in [7, 11) is 0. The van der Waals surface area contributed by atoms with Crippen molar-refractivity contribution in [2.75, 3.05) is 0 Å². The lowest BCUT2D eigenvalue weighted by molar-refractivity contribution is -0.255. The first-order chi connectivity index (χ1) is 6.16. The summed E-state index contributed by atoms with van der Waals surface area (Å²) in [4.78, 5) is 14.6. The SMILES string of the molecule is O=C([O-])c1ccc2nc(Br)sc2c1. The van der Waals surface area contributed by atoms with E-state index in [1.54, 1.807) is 12.1 Å². The highest BCUT2D eigenvalue weighted by Crippen LogP contribution is 2.26. The van der Waals surface area contributed by atoms with Gasteiger partial charge in [0.15, 0.2) is 3.92 Å². The van der Waals surface area contributed by atoms with Gasteiger partial charge in [0.1, 0.15) is 0 Å². The molecule has 0 aliphatic rings. The van der Waals surface area contributed by atoms with E-state index in [9.17, 15) is 9.90 Å². The van der Waals surface area contributed by atoms with Gasteiger partial charge >= 0.3 is 0 Å². The number of rotatable bonds is 1. The second-order valence-electron chi connectivity index (χ2n) is 2.44. The Balaban J connectivity index is 2.67. The zero-order chi connectivity index (χ0) is 9.42. The molecule has 3 nitrogen and oxygen atoms in total. The highest BCUT2D eigenvalue weighted by atomic mass is 79.9. The minimum absolute atomic E-state index is 0.184. The second-order valence-corrected chi connectivity index (χ2v) is 4.74. The Morgan fingerprint density at radius 2 is 2.31 bits per heavy atom. The number of benzene rings is 1. The van der Waals surface area contributed by atoms with Crippen LogP contribution in [0.3, 0.4) is 0 Å². The Morgan fingerprint density at radius 1 is 1.54 bits per heavy atom. The van der Waals surface area contributed by atoms with Gasteiger partial charge in [0, 0.05) is 0 Å². The summed E-state index contributed by atoms with van der Waals surface area (Å²) in [6, 6.07) is 4.72. The van der Waals surface area contributed by atoms with Crippen LogP contribution in [0.5, 0.6) is 0 Å². The summed E-state index contributed by atoms with van der Waals surface area (Å²) in [5, 5.41) is 10.5. The quantitative estimate of drug-likeness (QED) is 0.776. The van der Waals surface area contributed by atoms with E-state index >= 15 is 0 Å². The van der Waals surface area contributed by atoms with E-state index in [1.807, 2.05) is 0 Å². The Bertz CT molecular complexity index is 480. The van der Waals surface area contributed by atoms with Gasteiger partial charge in [-0.1, -0.05) is 6.07 Å². The van der Waals surface area contributed by atoms with Crippen LogP contribution >= 0.6 is 27.3 Å². The lowest BCUT2D eigenvalue weighted by atomic mass is 10.2. The fourth-order valence-electron chi connectivity index (χ4n) is 1.02. The molecule has 0 aliphatic heterocycles. The topological polar surface area (TPSA) is 53.0 Å². The molecule has 1 aromatic heterocycles. The molecular weight excluding hydrogens is 254 g/mol. The van der Waals surface area contributed by atoms with Crippen LogP contribution in [0.15, 0.2) is 22.1 Å². The third-order valence-electron chi connectivity index (χ3n) is 1.60. The highest BCUT2D eigenvalue weighted by Gasteiger charge is 2.02. The van der Waals surface area contributed by atoms with Crippen molar-refractivity contribution in [1.82, 2.24) is 4.98 Å². The Labute approximate surface area is 86.2 Å². The molecule has 0 bridgehead atoms. The number of aromatic carboxylic acids is 1. The molecule has 0 fully saturated rings. The number of hydrogen-bond acceptors (Lipinski definition) is 4. The normalized spacial score (nSPS) is 10.5. The molecule has 2 rings (SSSR count). The number of carboxylic acid groups (broad SMARTS) is 1. The third kappa shape index (κ3) is 1.57. The van der Waals surface area contributed by atoms with Gasteiger partial charge in [-0.3, -0.25) is 0 Å². The molecule has 0 radical (unpaired) electrons. The summed E-state index contributed by atoms with van der Waals surface area (Å²) in [6.07, 6.45) is 0. The van der Waals surface area contributed by atoms with Crippen molar-refractivity contribution in [3.8, 4) is 0 Å². The molecule has 0 saturated carbocycles. The molecule has 2 aromatic rings. The minimum atomic E-state index is -1.16. The summed E-state index contributed by atoms with van der Waals surface area (Å²) in [5.41, 5.74) is 0.977. The molecule has 66 valence electrons. The standard InChI is InChI=1S/C8H4BrNO2S/c9-8-10-5-2-1-4(7(11)12)3-6(5)13-8/h1-3H,(H,11,12)/p-1. The van der Waals surface area contributed by atoms with Gasteiger partial charge in [-0.15, -0.1) is 11.3 Å². The third-order valence-corrected chi connectivity index (χ3v) is 3.07. The van der Waals surface area contributed by atoms with E-state index in [4.69, 9.17) is 0 Å². The predicted octanol–water partition coefficient (Wildman–Crippen LogP) is 1.42. The molecule has 13 heavy (non-hydrogen) atoms. The summed E-state index contributed by atoms with van der Waals surface area (Å²) >= 11 is 4.63. The van der Waals surface area contributed by atoms with Crippen LogP contribution in [-0.4, -0.2) is 11.0 Å². The molecule has 0 aliphatic carbocycles. The zero-order valence-electron chi connectivity index (χ0n) is 6.28. The van der Waals surface area contributed by atoms with Gasteiger partial charge in [-0.05, 0) is 33.6 Å². The minimum Gasteiger partial charge on any atom is -0.545 e. The fourth-order valence-corrected chi connectivity index (χ4v) is 2.47. The summed E-state index contributed by atoms with van der Waals surface area (Å²) in [5.74, 6) is -1.16. The zero-order valence-corrected chi connectivity index (χ0v) is 8.68. The molecular formula is C8H3BrNO2S-. The maximum absolute atomic E-state index is 10.5. The average Bonchev–Trinajstić information content (AvgIpc) is 2.42. The van der Waals surface area contributed by atoms with Crippen LogP contribution in [0.1, 0.15) is 10.4 Å². The van der Waals surface area contributed by atoms with E-state index in [0.717, 1.165) is 14.1 Å². The lowest BCUT2D eigenvalue weighted by Crippen LogP contribution is -2.21. The van der Waals surface area contributed by atoms with Crippen molar-refractivity contribution < 1.29 is 9.90 Å². The van der Waals surface area contributed by atoms with Gasteiger partial charge in [0.2, 0.25) is 0 Å². The van der Waals surface area contributed by atoms with E-state index in [0.29, 0.717) is 0 Å². The van der Waals surface area contributed by atoms with Crippen LogP contribution in [0.2, 0.25) is 0 Å². The van der Waals surface area contributed by atoms with Gasteiger partial charge in [0.25, 0.3) is 0 Å². The number of carboxylic acids is 1.